The summed E-state index contributed by atoms with van der Waals surface area (Å²) in [5, 5.41) is 0.630. The van der Waals surface area contributed by atoms with Gasteiger partial charge in [0.15, 0.2) is 0 Å². The fourth-order valence-electron chi connectivity index (χ4n) is 1.12. The summed E-state index contributed by atoms with van der Waals surface area (Å²) in [6.45, 7) is 4.35. The van der Waals surface area contributed by atoms with E-state index in [0.717, 1.165) is 12.8 Å². The molecule has 0 heterocycles. The van der Waals surface area contributed by atoms with E-state index in [1.54, 1.807) is 6.92 Å². The van der Waals surface area contributed by atoms with E-state index in [-0.39, 0.29) is 5.97 Å². The summed E-state index contributed by atoms with van der Waals surface area (Å²) in [4.78, 5) is 11.3. The molecule has 4 heteroatoms. The maximum Gasteiger partial charge on any atom is 0.345 e. The second kappa shape index (κ2) is 9.46. The molecule has 0 aliphatic heterocycles. The third-order valence-electron chi connectivity index (χ3n) is 1.94. The number of unbranched alkanes of at least 4 members (excludes halogenated alkanes) is 3. The lowest BCUT2D eigenvalue weighted by Crippen LogP contribution is -2.04. The van der Waals surface area contributed by atoms with Gasteiger partial charge in [0.2, 0.25) is 0 Å². The minimum Gasteiger partial charge on any atom is -0.462 e. The molecule has 0 N–H and O–H groups in total. The van der Waals surface area contributed by atoms with Crippen LogP contribution in [0.4, 0.5) is 0 Å². The van der Waals surface area contributed by atoms with Crippen molar-refractivity contribution in [2.24, 2.45) is 0 Å². The third-order valence-corrected chi connectivity index (χ3v) is 3.73. The Balaban J connectivity index is 3.97. The zero-order valence-corrected chi connectivity index (χ0v) is 12.2. The maximum atomic E-state index is 11.3. The van der Waals surface area contributed by atoms with E-state index in [4.69, 9.17) is 16.3 Å². The van der Waals surface area contributed by atoms with Crippen molar-refractivity contribution in [1.82, 2.24) is 0 Å². The quantitative estimate of drug-likeness (QED) is 0.296. The van der Waals surface area contributed by atoms with Crippen molar-refractivity contribution in [3.05, 3.63) is 8.61 Å². The largest absolute Gasteiger partial charge is 0.462 e. The first-order chi connectivity index (χ1) is 7.13. The summed E-state index contributed by atoms with van der Waals surface area (Å²) in [6, 6.07) is 0. The van der Waals surface area contributed by atoms with Crippen LogP contribution in [-0.2, 0) is 9.53 Å². The number of allylic oxidation sites excluding steroid dienone is 1. The first-order valence-electron chi connectivity index (χ1n) is 5.34. The average molecular weight is 345 g/mol. The Morgan fingerprint density at radius 1 is 1.27 bits per heavy atom. The van der Waals surface area contributed by atoms with Crippen LogP contribution in [0, 0.1) is 0 Å². The van der Waals surface area contributed by atoms with E-state index in [9.17, 15) is 4.79 Å². The predicted molar refractivity (Wildman–Crippen MR) is 72.3 cm³/mol. The van der Waals surface area contributed by atoms with Crippen molar-refractivity contribution in [3.8, 4) is 0 Å². The molecule has 0 spiro atoms. The number of esters is 1. The summed E-state index contributed by atoms with van der Waals surface area (Å²) in [6.07, 6.45) is 5.41. The van der Waals surface area contributed by atoms with Gasteiger partial charge in [-0.05, 0) is 42.4 Å². The number of hydrogen-bond donors (Lipinski definition) is 0. The molecular formula is C11H18ClIO2. The number of halogens is 2. The predicted octanol–water partition coefficient (Wildman–Crippen LogP) is 4.41. The van der Waals surface area contributed by atoms with Crippen LogP contribution in [0.2, 0.25) is 0 Å². The van der Waals surface area contributed by atoms with Crippen molar-refractivity contribution in [3.63, 3.8) is 0 Å². The first-order valence-corrected chi connectivity index (χ1v) is 6.80. The topological polar surface area (TPSA) is 26.3 Å². The highest BCUT2D eigenvalue weighted by Crippen LogP contribution is 2.23. The van der Waals surface area contributed by atoms with Crippen molar-refractivity contribution >= 4 is 40.2 Å². The summed E-state index contributed by atoms with van der Waals surface area (Å²) >= 11 is 7.96. The molecule has 0 aromatic carbocycles. The van der Waals surface area contributed by atoms with Gasteiger partial charge in [-0.25, -0.2) is 4.79 Å². The number of carbonyl (C=O) groups is 1. The van der Waals surface area contributed by atoms with Gasteiger partial charge in [0, 0.05) is 5.03 Å². The van der Waals surface area contributed by atoms with Crippen molar-refractivity contribution in [1.29, 1.82) is 0 Å². The van der Waals surface area contributed by atoms with Gasteiger partial charge in [0.1, 0.15) is 3.58 Å². The highest BCUT2D eigenvalue weighted by molar-refractivity contribution is 14.1. The smallest absolute Gasteiger partial charge is 0.345 e. The molecule has 0 saturated carbocycles. The molecule has 0 atom stereocenters. The van der Waals surface area contributed by atoms with E-state index in [1.165, 1.54) is 19.3 Å². The van der Waals surface area contributed by atoms with Gasteiger partial charge in [0.05, 0.1) is 6.61 Å². The normalized spacial score (nSPS) is 12.3. The monoisotopic (exact) mass is 344 g/mol. The van der Waals surface area contributed by atoms with Crippen molar-refractivity contribution in [2.75, 3.05) is 6.61 Å². The lowest BCUT2D eigenvalue weighted by molar-refractivity contribution is -0.137. The Bertz CT molecular complexity index is 227. The van der Waals surface area contributed by atoms with Crippen LogP contribution in [-0.4, -0.2) is 12.6 Å². The zero-order valence-electron chi connectivity index (χ0n) is 9.32. The Hall–Kier alpha value is 0.230. The molecule has 88 valence electrons. The molecule has 2 nitrogen and oxygen atoms in total. The highest BCUT2D eigenvalue weighted by atomic mass is 127. The van der Waals surface area contributed by atoms with Gasteiger partial charge in [0.25, 0.3) is 0 Å². The molecule has 0 aliphatic rings. The van der Waals surface area contributed by atoms with Crippen LogP contribution >= 0.6 is 34.2 Å². The molecule has 0 aromatic rings. The Morgan fingerprint density at radius 3 is 2.47 bits per heavy atom. The molecule has 0 amide bonds. The van der Waals surface area contributed by atoms with Gasteiger partial charge in [-0.2, -0.15) is 0 Å². The second-order valence-corrected chi connectivity index (χ2v) is 4.79. The number of carbonyl (C=O) groups excluding carboxylic acids is 1. The second-order valence-electron chi connectivity index (χ2n) is 3.25. The summed E-state index contributed by atoms with van der Waals surface area (Å²) < 4.78 is 5.38. The highest BCUT2D eigenvalue weighted by Gasteiger charge is 2.11. The summed E-state index contributed by atoms with van der Waals surface area (Å²) in [7, 11) is 0. The fraction of sp³-hybridized carbons (Fsp3) is 0.727. The summed E-state index contributed by atoms with van der Waals surface area (Å²) in [5.41, 5.74) is 0. The van der Waals surface area contributed by atoms with Gasteiger partial charge in [-0.3, -0.25) is 0 Å². The Kier molecular flexibility index (Phi) is 9.60. The third kappa shape index (κ3) is 7.17. The lowest BCUT2D eigenvalue weighted by Gasteiger charge is -2.04. The molecule has 0 saturated heterocycles. The van der Waals surface area contributed by atoms with Gasteiger partial charge in [-0.1, -0.05) is 37.8 Å². The van der Waals surface area contributed by atoms with E-state index in [2.05, 4.69) is 6.92 Å². The van der Waals surface area contributed by atoms with Gasteiger partial charge < -0.3 is 4.74 Å². The van der Waals surface area contributed by atoms with E-state index >= 15 is 0 Å². The molecule has 0 rings (SSSR count). The fourth-order valence-corrected chi connectivity index (χ4v) is 1.76. The van der Waals surface area contributed by atoms with Crippen LogP contribution in [0.15, 0.2) is 8.61 Å². The molecule has 0 bridgehead atoms. The average Bonchev–Trinajstić information content (AvgIpc) is 2.23. The molecule has 0 unspecified atom stereocenters. The Labute approximate surface area is 111 Å². The first kappa shape index (κ1) is 15.2. The molecule has 0 aromatic heterocycles. The summed E-state index contributed by atoms with van der Waals surface area (Å²) in [5.74, 6) is -0.307. The van der Waals surface area contributed by atoms with E-state index < -0.39 is 0 Å². The lowest BCUT2D eigenvalue weighted by atomic mass is 10.1. The number of hydrogen-bond acceptors (Lipinski definition) is 2. The van der Waals surface area contributed by atoms with Gasteiger partial charge >= 0.3 is 5.97 Å². The molecule has 0 radical (unpaired) electrons. The van der Waals surface area contributed by atoms with Crippen molar-refractivity contribution in [2.45, 2.75) is 46.0 Å². The minimum atomic E-state index is -0.307. The molecule has 0 fully saturated rings. The number of rotatable bonds is 7. The Morgan fingerprint density at radius 2 is 1.93 bits per heavy atom. The SMILES string of the molecule is CCCCCC/C(Cl)=C(\I)C(=O)OCC. The van der Waals surface area contributed by atoms with Gasteiger partial charge in [-0.15, -0.1) is 0 Å². The van der Waals surface area contributed by atoms with Crippen LogP contribution in [0.25, 0.3) is 0 Å². The van der Waals surface area contributed by atoms with Crippen LogP contribution in [0.5, 0.6) is 0 Å². The maximum absolute atomic E-state index is 11.3. The van der Waals surface area contributed by atoms with Crippen LogP contribution < -0.4 is 0 Å². The number of ether oxygens (including phenoxy) is 1. The van der Waals surface area contributed by atoms with E-state index in [1.807, 2.05) is 22.6 Å². The standard InChI is InChI=1S/C11H18ClIO2/c1-3-5-6-7-8-9(12)10(13)11(14)15-4-2/h3-8H2,1-2H3/b10-9+. The molecule has 0 aliphatic carbocycles. The van der Waals surface area contributed by atoms with Crippen LogP contribution in [0.3, 0.4) is 0 Å². The van der Waals surface area contributed by atoms with E-state index in [0.29, 0.717) is 15.2 Å². The van der Waals surface area contributed by atoms with Crippen molar-refractivity contribution < 1.29 is 9.53 Å². The minimum absolute atomic E-state index is 0.307. The zero-order chi connectivity index (χ0) is 11.7. The molecular weight excluding hydrogens is 326 g/mol. The van der Waals surface area contributed by atoms with Crippen LogP contribution in [0.1, 0.15) is 46.0 Å². The molecule has 15 heavy (non-hydrogen) atoms.